The van der Waals surface area contributed by atoms with Gasteiger partial charge in [0, 0.05) is 17.8 Å². The van der Waals surface area contributed by atoms with Crippen molar-refractivity contribution < 1.29 is 14.3 Å². The zero-order chi connectivity index (χ0) is 12.8. The topological polar surface area (TPSA) is 49.3 Å². The van der Waals surface area contributed by atoms with Gasteiger partial charge in [0.2, 0.25) is 0 Å². The predicted molar refractivity (Wildman–Crippen MR) is 65.9 cm³/mol. The summed E-state index contributed by atoms with van der Waals surface area (Å²) >= 11 is 5.61. The molecule has 0 heterocycles. The molecule has 0 aromatic heterocycles. The third-order valence-corrected chi connectivity index (χ3v) is 2.52. The molecule has 2 N–H and O–H groups in total. The van der Waals surface area contributed by atoms with E-state index in [0.717, 1.165) is 0 Å². The summed E-state index contributed by atoms with van der Waals surface area (Å²) in [6, 6.07) is 4.25. The lowest BCUT2D eigenvalue weighted by atomic mass is 10.2. The van der Waals surface area contributed by atoms with E-state index in [9.17, 15) is 9.18 Å². The van der Waals surface area contributed by atoms with Crippen LogP contribution >= 0.6 is 11.6 Å². The molecule has 0 bridgehead atoms. The molecular weight excluding hydrogens is 245 g/mol. The minimum Gasteiger partial charge on any atom is -0.478 e. The maximum absolute atomic E-state index is 12.9. The highest BCUT2D eigenvalue weighted by Gasteiger charge is 2.03. The van der Waals surface area contributed by atoms with Gasteiger partial charge in [-0.3, -0.25) is 0 Å². The molecule has 0 spiro atoms. The number of carbonyl (C=O) groups is 1. The van der Waals surface area contributed by atoms with Crippen molar-refractivity contribution in [1.82, 2.24) is 0 Å². The molecule has 0 saturated heterocycles. The number of rotatable bonds is 5. The second kappa shape index (κ2) is 6.25. The predicted octanol–water partition coefficient (Wildman–Crippen LogP) is 3.31. The highest BCUT2D eigenvalue weighted by Crippen LogP contribution is 2.19. The first-order valence-electron chi connectivity index (χ1n) is 5.15. The number of hydrogen-bond acceptors (Lipinski definition) is 2. The van der Waals surface area contributed by atoms with Crippen LogP contribution in [-0.2, 0) is 4.79 Å². The minimum atomic E-state index is -0.925. The number of anilines is 1. The number of benzene rings is 1. The van der Waals surface area contributed by atoms with Gasteiger partial charge < -0.3 is 10.4 Å². The van der Waals surface area contributed by atoms with Gasteiger partial charge in [-0.2, -0.15) is 0 Å². The van der Waals surface area contributed by atoms with Crippen LogP contribution in [0.15, 0.2) is 29.8 Å². The van der Waals surface area contributed by atoms with Crippen molar-refractivity contribution in [3.8, 4) is 0 Å². The van der Waals surface area contributed by atoms with Gasteiger partial charge in [-0.05, 0) is 24.6 Å². The summed E-state index contributed by atoms with van der Waals surface area (Å²) in [6.07, 6.45) is 2.04. The van der Waals surface area contributed by atoms with Crippen molar-refractivity contribution in [2.24, 2.45) is 0 Å². The molecule has 0 atom stereocenters. The van der Waals surface area contributed by atoms with Gasteiger partial charge in [0.25, 0.3) is 0 Å². The van der Waals surface area contributed by atoms with E-state index in [1.807, 2.05) is 0 Å². The van der Waals surface area contributed by atoms with Gasteiger partial charge in [-0.1, -0.05) is 24.6 Å². The third-order valence-electron chi connectivity index (χ3n) is 2.23. The molecule has 1 aromatic rings. The smallest absolute Gasteiger partial charge is 0.331 e. The standard InChI is InChI=1S/C12H13ClFNO2/c1-2-8(12(16)17)5-6-15-9-3-4-11(14)10(13)7-9/h3-5,7,15H,2,6H2,1H3,(H,16,17)/b8-5-. The van der Waals surface area contributed by atoms with Crippen molar-refractivity contribution in [2.45, 2.75) is 13.3 Å². The molecule has 17 heavy (non-hydrogen) atoms. The SMILES string of the molecule is CC/C(=C/CNc1ccc(F)c(Cl)c1)C(=O)O. The van der Waals surface area contributed by atoms with Gasteiger partial charge in [-0.25, -0.2) is 9.18 Å². The average molecular weight is 258 g/mol. The second-order valence-electron chi connectivity index (χ2n) is 3.40. The number of carboxylic acids is 1. The largest absolute Gasteiger partial charge is 0.478 e. The van der Waals surface area contributed by atoms with Gasteiger partial charge in [0.05, 0.1) is 5.02 Å². The van der Waals surface area contributed by atoms with E-state index < -0.39 is 11.8 Å². The molecule has 5 heteroatoms. The highest BCUT2D eigenvalue weighted by molar-refractivity contribution is 6.31. The molecule has 3 nitrogen and oxygen atoms in total. The Morgan fingerprint density at radius 3 is 2.82 bits per heavy atom. The number of hydrogen-bond donors (Lipinski definition) is 2. The molecular formula is C12H13ClFNO2. The Balaban J connectivity index is 2.61. The molecule has 0 amide bonds. The maximum Gasteiger partial charge on any atom is 0.331 e. The number of nitrogens with one attached hydrogen (secondary N) is 1. The van der Waals surface area contributed by atoms with E-state index in [4.69, 9.17) is 16.7 Å². The van der Waals surface area contributed by atoms with Gasteiger partial charge in [0.1, 0.15) is 5.82 Å². The zero-order valence-electron chi connectivity index (χ0n) is 9.34. The fourth-order valence-corrected chi connectivity index (χ4v) is 1.46. The van der Waals surface area contributed by atoms with Crippen molar-refractivity contribution >= 4 is 23.3 Å². The summed E-state index contributed by atoms with van der Waals surface area (Å²) in [6.45, 7) is 2.13. The number of halogens is 2. The number of aliphatic carboxylic acids is 1. The fraction of sp³-hybridized carbons (Fsp3) is 0.250. The molecule has 0 aliphatic heterocycles. The van der Waals surface area contributed by atoms with E-state index >= 15 is 0 Å². The van der Waals surface area contributed by atoms with E-state index in [0.29, 0.717) is 24.2 Å². The molecule has 1 rings (SSSR count). The van der Waals surface area contributed by atoms with Crippen LogP contribution in [0.5, 0.6) is 0 Å². The lowest BCUT2D eigenvalue weighted by Crippen LogP contribution is -2.04. The summed E-state index contributed by atoms with van der Waals surface area (Å²) in [4.78, 5) is 10.7. The Kier molecular flexibility index (Phi) is 4.97. The number of carboxylic acid groups (broad SMARTS) is 1. The van der Waals surface area contributed by atoms with E-state index in [1.165, 1.54) is 12.1 Å². The molecule has 0 aliphatic carbocycles. The summed E-state index contributed by atoms with van der Waals surface area (Å²) in [5, 5.41) is 11.8. The molecule has 0 unspecified atom stereocenters. The summed E-state index contributed by atoms with van der Waals surface area (Å²) in [5.74, 6) is -1.40. The Bertz CT molecular complexity index is 446. The third kappa shape index (κ3) is 4.07. The monoisotopic (exact) mass is 257 g/mol. The first kappa shape index (κ1) is 13.5. The van der Waals surface area contributed by atoms with Crippen LogP contribution in [0.4, 0.5) is 10.1 Å². The van der Waals surface area contributed by atoms with E-state index in [2.05, 4.69) is 5.32 Å². The van der Waals surface area contributed by atoms with Crippen LogP contribution in [0.3, 0.4) is 0 Å². The van der Waals surface area contributed by atoms with Crippen molar-refractivity contribution in [2.75, 3.05) is 11.9 Å². The minimum absolute atomic E-state index is 0.0351. The van der Waals surface area contributed by atoms with Crippen LogP contribution in [0, 0.1) is 5.82 Å². The van der Waals surface area contributed by atoms with Crippen LogP contribution in [0.25, 0.3) is 0 Å². The normalized spacial score (nSPS) is 11.4. The lowest BCUT2D eigenvalue weighted by Gasteiger charge is -2.05. The lowest BCUT2D eigenvalue weighted by molar-refractivity contribution is -0.132. The van der Waals surface area contributed by atoms with Crippen LogP contribution in [-0.4, -0.2) is 17.6 Å². The summed E-state index contributed by atoms with van der Waals surface area (Å²) < 4.78 is 12.9. The van der Waals surface area contributed by atoms with Crippen LogP contribution in [0.1, 0.15) is 13.3 Å². The molecule has 0 saturated carbocycles. The first-order valence-corrected chi connectivity index (χ1v) is 5.53. The Morgan fingerprint density at radius 1 is 1.59 bits per heavy atom. The van der Waals surface area contributed by atoms with Gasteiger partial charge >= 0.3 is 5.97 Å². The molecule has 0 aliphatic rings. The van der Waals surface area contributed by atoms with Crippen molar-refractivity contribution in [1.29, 1.82) is 0 Å². The Hall–Kier alpha value is -1.55. The van der Waals surface area contributed by atoms with Crippen molar-refractivity contribution in [3.63, 3.8) is 0 Å². The molecule has 0 radical (unpaired) electrons. The van der Waals surface area contributed by atoms with Crippen LogP contribution < -0.4 is 5.32 Å². The average Bonchev–Trinajstić information content (AvgIpc) is 2.28. The Labute approximate surface area is 104 Å². The van der Waals surface area contributed by atoms with Gasteiger partial charge in [0.15, 0.2) is 0 Å². The molecule has 0 fully saturated rings. The highest BCUT2D eigenvalue weighted by atomic mass is 35.5. The van der Waals surface area contributed by atoms with Crippen molar-refractivity contribution in [3.05, 3.63) is 40.7 Å². The summed E-state index contributed by atoms with van der Waals surface area (Å²) in [7, 11) is 0. The van der Waals surface area contributed by atoms with E-state index in [-0.39, 0.29) is 5.02 Å². The molecule has 92 valence electrons. The summed E-state index contributed by atoms with van der Waals surface area (Å²) in [5.41, 5.74) is 0.985. The zero-order valence-corrected chi connectivity index (χ0v) is 10.1. The first-order chi connectivity index (χ1) is 8.04. The maximum atomic E-state index is 12.9. The quantitative estimate of drug-likeness (QED) is 0.796. The molecule has 1 aromatic carbocycles. The Morgan fingerprint density at radius 2 is 2.29 bits per heavy atom. The van der Waals surface area contributed by atoms with Gasteiger partial charge in [-0.15, -0.1) is 0 Å². The fourth-order valence-electron chi connectivity index (χ4n) is 1.28. The second-order valence-corrected chi connectivity index (χ2v) is 3.81. The van der Waals surface area contributed by atoms with E-state index in [1.54, 1.807) is 19.1 Å². The van der Waals surface area contributed by atoms with Crippen LogP contribution in [0.2, 0.25) is 5.02 Å².